The molecule has 1 aromatic carbocycles. The quantitative estimate of drug-likeness (QED) is 0.737. The summed E-state index contributed by atoms with van der Waals surface area (Å²) in [6.07, 6.45) is 3.45. The van der Waals surface area contributed by atoms with Gasteiger partial charge in [-0.15, -0.1) is 0 Å². The maximum atomic E-state index is 12.3. The lowest BCUT2D eigenvalue weighted by Gasteiger charge is -2.34. The van der Waals surface area contributed by atoms with E-state index in [1.165, 1.54) is 5.56 Å². The molecule has 0 aliphatic rings. The number of hydrogen-bond donors (Lipinski definition) is 0. The molecule has 0 fully saturated rings. The van der Waals surface area contributed by atoms with E-state index in [1.807, 2.05) is 44.1 Å². The van der Waals surface area contributed by atoms with Crippen LogP contribution in [-0.2, 0) is 11.2 Å². The number of ketones is 1. The number of Topliss-reactive ketones (excluding diaryl/α,β-unsaturated/α-hetero) is 1. The molecule has 0 radical (unpaired) electrons. The van der Waals surface area contributed by atoms with Crippen molar-refractivity contribution in [3.63, 3.8) is 0 Å². The zero-order valence-electron chi connectivity index (χ0n) is 12.1. The van der Waals surface area contributed by atoms with E-state index in [0.717, 1.165) is 19.3 Å². The SMILES string of the molecule is CCC(C)(C(=O)CCCc1ccccc1)N(C)C. The first-order chi connectivity index (χ1) is 8.50. The highest BCUT2D eigenvalue weighted by molar-refractivity contribution is 5.87. The first kappa shape index (κ1) is 14.9. The Morgan fingerprint density at radius 3 is 2.33 bits per heavy atom. The van der Waals surface area contributed by atoms with Crippen LogP contribution < -0.4 is 0 Å². The van der Waals surface area contributed by atoms with Gasteiger partial charge < -0.3 is 0 Å². The van der Waals surface area contributed by atoms with Crippen molar-refractivity contribution in [2.45, 2.75) is 45.1 Å². The van der Waals surface area contributed by atoms with Crippen molar-refractivity contribution in [2.24, 2.45) is 0 Å². The van der Waals surface area contributed by atoms with Gasteiger partial charge in [0.2, 0.25) is 0 Å². The number of likely N-dealkylation sites (N-methyl/N-ethyl adjacent to an activating group) is 1. The summed E-state index contributed by atoms with van der Waals surface area (Å²) in [7, 11) is 3.97. The van der Waals surface area contributed by atoms with Gasteiger partial charge in [-0.25, -0.2) is 0 Å². The maximum Gasteiger partial charge on any atom is 0.152 e. The van der Waals surface area contributed by atoms with Gasteiger partial charge in [-0.2, -0.15) is 0 Å². The summed E-state index contributed by atoms with van der Waals surface area (Å²) in [6, 6.07) is 10.4. The number of benzene rings is 1. The first-order valence-corrected chi connectivity index (χ1v) is 6.75. The highest BCUT2D eigenvalue weighted by Crippen LogP contribution is 2.20. The van der Waals surface area contributed by atoms with E-state index < -0.39 is 0 Å². The Balaban J connectivity index is 2.46. The fraction of sp³-hybridized carbons (Fsp3) is 0.562. The van der Waals surface area contributed by atoms with Crippen molar-refractivity contribution in [2.75, 3.05) is 14.1 Å². The molecule has 0 N–H and O–H groups in total. The van der Waals surface area contributed by atoms with Gasteiger partial charge in [-0.05, 0) is 45.8 Å². The van der Waals surface area contributed by atoms with Crippen LogP contribution in [-0.4, -0.2) is 30.3 Å². The summed E-state index contributed by atoms with van der Waals surface area (Å²) in [5.74, 6) is 0.353. The third-order valence-corrected chi connectivity index (χ3v) is 3.99. The molecule has 1 unspecified atom stereocenters. The molecule has 1 atom stereocenters. The van der Waals surface area contributed by atoms with Gasteiger partial charge >= 0.3 is 0 Å². The van der Waals surface area contributed by atoms with Crippen molar-refractivity contribution in [3.8, 4) is 0 Å². The third kappa shape index (κ3) is 3.67. The van der Waals surface area contributed by atoms with E-state index >= 15 is 0 Å². The minimum Gasteiger partial charge on any atom is -0.298 e. The minimum absolute atomic E-state index is 0.309. The number of hydrogen-bond acceptors (Lipinski definition) is 2. The molecular formula is C16H25NO. The second-order valence-electron chi connectivity index (χ2n) is 5.28. The monoisotopic (exact) mass is 247 g/mol. The Morgan fingerprint density at radius 2 is 1.83 bits per heavy atom. The minimum atomic E-state index is -0.309. The second-order valence-corrected chi connectivity index (χ2v) is 5.28. The molecule has 1 aromatic rings. The van der Waals surface area contributed by atoms with Gasteiger partial charge in [-0.1, -0.05) is 37.3 Å². The molecule has 100 valence electrons. The summed E-state index contributed by atoms with van der Waals surface area (Å²) >= 11 is 0. The van der Waals surface area contributed by atoms with Crippen LogP contribution in [0.15, 0.2) is 30.3 Å². The van der Waals surface area contributed by atoms with Crippen LogP contribution in [0.2, 0.25) is 0 Å². The molecule has 0 aliphatic heterocycles. The Bertz CT molecular complexity index is 372. The normalized spacial score (nSPS) is 14.5. The number of carbonyl (C=O) groups excluding carboxylic acids is 1. The van der Waals surface area contributed by atoms with Crippen LogP contribution in [0.4, 0.5) is 0 Å². The molecule has 0 aliphatic carbocycles. The average molecular weight is 247 g/mol. The zero-order chi connectivity index (χ0) is 13.6. The summed E-state index contributed by atoms with van der Waals surface area (Å²) in [6.45, 7) is 4.12. The second kappa shape index (κ2) is 6.69. The van der Waals surface area contributed by atoms with Crippen LogP contribution in [0.25, 0.3) is 0 Å². The molecule has 0 saturated heterocycles. The molecule has 0 bridgehead atoms. The highest BCUT2D eigenvalue weighted by atomic mass is 16.1. The Morgan fingerprint density at radius 1 is 1.22 bits per heavy atom. The molecule has 0 amide bonds. The van der Waals surface area contributed by atoms with E-state index in [-0.39, 0.29) is 5.54 Å². The zero-order valence-corrected chi connectivity index (χ0v) is 12.1. The third-order valence-electron chi connectivity index (χ3n) is 3.99. The van der Waals surface area contributed by atoms with Gasteiger partial charge in [0.15, 0.2) is 5.78 Å². The Labute approximate surface area is 111 Å². The van der Waals surface area contributed by atoms with E-state index in [9.17, 15) is 4.79 Å². The Kier molecular flexibility index (Phi) is 5.54. The van der Waals surface area contributed by atoms with Crippen LogP contribution in [0.1, 0.15) is 38.7 Å². The van der Waals surface area contributed by atoms with Crippen LogP contribution in [0.3, 0.4) is 0 Å². The average Bonchev–Trinajstić information content (AvgIpc) is 2.38. The van der Waals surface area contributed by atoms with E-state index in [4.69, 9.17) is 0 Å². The molecule has 0 saturated carbocycles. The van der Waals surface area contributed by atoms with E-state index in [1.54, 1.807) is 0 Å². The molecular weight excluding hydrogens is 222 g/mol. The predicted molar refractivity (Wildman–Crippen MR) is 76.8 cm³/mol. The van der Waals surface area contributed by atoms with Gasteiger partial charge in [0.05, 0.1) is 5.54 Å². The fourth-order valence-corrected chi connectivity index (χ4v) is 2.13. The smallest absolute Gasteiger partial charge is 0.152 e. The molecule has 0 spiro atoms. The van der Waals surface area contributed by atoms with Gasteiger partial charge in [0, 0.05) is 6.42 Å². The molecule has 2 nitrogen and oxygen atoms in total. The lowest BCUT2D eigenvalue weighted by atomic mass is 9.88. The van der Waals surface area contributed by atoms with Crippen LogP contribution in [0, 0.1) is 0 Å². The van der Waals surface area contributed by atoms with Crippen molar-refractivity contribution in [1.29, 1.82) is 0 Å². The number of nitrogens with zero attached hydrogens (tertiary/aromatic N) is 1. The largest absolute Gasteiger partial charge is 0.298 e. The Hall–Kier alpha value is -1.15. The summed E-state index contributed by atoms with van der Waals surface area (Å²) in [4.78, 5) is 14.3. The van der Waals surface area contributed by atoms with Crippen molar-refractivity contribution in [3.05, 3.63) is 35.9 Å². The number of carbonyl (C=O) groups is 1. The predicted octanol–water partition coefficient (Wildman–Crippen LogP) is 3.31. The molecule has 1 rings (SSSR count). The van der Waals surface area contributed by atoms with Gasteiger partial charge in [-0.3, -0.25) is 9.69 Å². The van der Waals surface area contributed by atoms with Crippen molar-refractivity contribution >= 4 is 5.78 Å². The maximum absolute atomic E-state index is 12.3. The van der Waals surface area contributed by atoms with E-state index in [2.05, 4.69) is 19.1 Å². The van der Waals surface area contributed by atoms with E-state index in [0.29, 0.717) is 12.2 Å². The summed E-state index contributed by atoms with van der Waals surface area (Å²) < 4.78 is 0. The number of rotatable bonds is 7. The molecule has 0 aromatic heterocycles. The topological polar surface area (TPSA) is 20.3 Å². The molecule has 18 heavy (non-hydrogen) atoms. The highest BCUT2D eigenvalue weighted by Gasteiger charge is 2.32. The van der Waals surface area contributed by atoms with Crippen molar-refractivity contribution in [1.82, 2.24) is 4.90 Å². The lowest BCUT2D eigenvalue weighted by Crippen LogP contribution is -2.47. The summed E-state index contributed by atoms with van der Waals surface area (Å²) in [5, 5.41) is 0. The van der Waals surface area contributed by atoms with Gasteiger partial charge in [0.1, 0.15) is 0 Å². The summed E-state index contributed by atoms with van der Waals surface area (Å²) in [5.41, 5.74) is 1.00. The van der Waals surface area contributed by atoms with Crippen LogP contribution >= 0.6 is 0 Å². The number of aryl methyl sites for hydroxylation is 1. The van der Waals surface area contributed by atoms with Gasteiger partial charge in [0.25, 0.3) is 0 Å². The first-order valence-electron chi connectivity index (χ1n) is 6.75. The fourth-order valence-electron chi connectivity index (χ4n) is 2.13. The van der Waals surface area contributed by atoms with Crippen molar-refractivity contribution < 1.29 is 4.79 Å². The standard InChI is InChI=1S/C16H25NO/c1-5-16(2,17(3)4)15(18)13-9-12-14-10-7-6-8-11-14/h6-8,10-11H,5,9,12-13H2,1-4H3. The molecule has 0 heterocycles. The molecule has 2 heteroatoms. The lowest BCUT2D eigenvalue weighted by molar-refractivity contribution is -0.129. The van der Waals surface area contributed by atoms with Crippen LogP contribution in [0.5, 0.6) is 0 Å².